The molecule has 2 heterocycles. The molecule has 1 saturated carbocycles. The second-order valence-corrected chi connectivity index (χ2v) is 10.9. The molecule has 1 aromatic carbocycles. The molecule has 9 heteroatoms. The third-order valence-electron chi connectivity index (χ3n) is 5.96. The first-order valence-corrected chi connectivity index (χ1v) is 11.7. The van der Waals surface area contributed by atoms with Crippen molar-refractivity contribution in [2.45, 2.75) is 60.4 Å². The van der Waals surface area contributed by atoms with Crippen LogP contribution in [0.15, 0.2) is 47.5 Å². The highest BCUT2D eigenvalue weighted by atomic mass is 32.2. The maximum absolute atomic E-state index is 13.2. The summed E-state index contributed by atoms with van der Waals surface area (Å²) < 4.78 is 75.8. The summed E-state index contributed by atoms with van der Waals surface area (Å²) in [6.07, 6.45) is -0.831. The summed E-state index contributed by atoms with van der Waals surface area (Å²) in [5, 5.41) is 0. The monoisotopic (exact) mass is 455 g/mol. The molecule has 31 heavy (non-hydrogen) atoms. The summed E-state index contributed by atoms with van der Waals surface area (Å²) in [6, 6.07) is 7.67. The minimum atomic E-state index is -4.61. The van der Waals surface area contributed by atoms with Crippen molar-refractivity contribution in [2.24, 2.45) is 0 Å². The molecule has 2 aromatic rings. The van der Waals surface area contributed by atoms with Crippen LogP contribution in [0.2, 0.25) is 0 Å². The summed E-state index contributed by atoms with van der Waals surface area (Å²) in [5.74, 6) is 1.11. The van der Waals surface area contributed by atoms with Gasteiger partial charge in [-0.1, -0.05) is 6.07 Å². The molecule has 0 spiro atoms. The Morgan fingerprint density at radius 1 is 1.23 bits per heavy atom. The van der Waals surface area contributed by atoms with Gasteiger partial charge in [0.05, 0.1) is 27.5 Å². The van der Waals surface area contributed by atoms with Crippen molar-refractivity contribution >= 4 is 9.84 Å². The SMILES string of the molecule is CC1(S(=O)(=O)c2cccc(C(F)(F)F)c2)CCOC(COc2ccc(C3CC3)nc2)C1. The van der Waals surface area contributed by atoms with Gasteiger partial charge in [0.25, 0.3) is 0 Å². The van der Waals surface area contributed by atoms with E-state index < -0.39 is 32.4 Å². The lowest BCUT2D eigenvalue weighted by atomic mass is 9.97. The number of rotatable bonds is 6. The van der Waals surface area contributed by atoms with Crippen molar-refractivity contribution in [1.29, 1.82) is 0 Å². The molecule has 0 radical (unpaired) electrons. The third-order valence-corrected chi connectivity index (χ3v) is 8.50. The number of nitrogens with zero attached hydrogens (tertiary/aromatic N) is 1. The number of benzene rings is 1. The zero-order chi connectivity index (χ0) is 22.3. The topological polar surface area (TPSA) is 65.5 Å². The summed E-state index contributed by atoms with van der Waals surface area (Å²) in [7, 11) is -4.02. The molecule has 0 N–H and O–H groups in total. The molecule has 2 unspecified atom stereocenters. The number of pyridine rings is 1. The molecule has 1 saturated heterocycles. The molecular weight excluding hydrogens is 431 g/mol. The Kier molecular flexibility index (Phi) is 5.76. The van der Waals surface area contributed by atoms with E-state index in [1.165, 1.54) is 6.07 Å². The molecule has 1 aliphatic carbocycles. The number of aromatic nitrogens is 1. The second-order valence-electron chi connectivity index (χ2n) is 8.43. The van der Waals surface area contributed by atoms with Crippen molar-refractivity contribution in [1.82, 2.24) is 4.98 Å². The van der Waals surface area contributed by atoms with E-state index in [0.29, 0.717) is 17.7 Å². The van der Waals surface area contributed by atoms with Gasteiger partial charge in [-0.05, 0) is 62.9 Å². The van der Waals surface area contributed by atoms with Gasteiger partial charge in [0.15, 0.2) is 9.84 Å². The molecule has 4 rings (SSSR count). The molecule has 2 aliphatic rings. The molecule has 5 nitrogen and oxygen atoms in total. The van der Waals surface area contributed by atoms with Crippen molar-refractivity contribution in [3.05, 3.63) is 53.9 Å². The van der Waals surface area contributed by atoms with E-state index in [1.54, 1.807) is 13.1 Å². The fourth-order valence-electron chi connectivity index (χ4n) is 3.85. The van der Waals surface area contributed by atoms with Gasteiger partial charge in [0.2, 0.25) is 0 Å². The third kappa shape index (κ3) is 4.72. The van der Waals surface area contributed by atoms with Gasteiger partial charge in [0, 0.05) is 18.2 Å². The normalized spacial score (nSPS) is 24.7. The van der Waals surface area contributed by atoms with Gasteiger partial charge in [-0.2, -0.15) is 13.2 Å². The van der Waals surface area contributed by atoms with Crippen LogP contribution >= 0.6 is 0 Å². The molecule has 1 aliphatic heterocycles. The van der Waals surface area contributed by atoms with Crippen LogP contribution < -0.4 is 4.74 Å². The number of ether oxygens (including phenoxy) is 2. The van der Waals surface area contributed by atoms with Crippen LogP contribution in [0.5, 0.6) is 5.75 Å². The van der Waals surface area contributed by atoms with Crippen molar-refractivity contribution in [2.75, 3.05) is 13.2 Å². The van der Waals surface area contributed by atoms with Crippen LogP contribution in [-0.2, 0) is 20.8 Å². The first kappa shape index (κ1) is 22.1. The first-order valence-electron chi connectivity index (χ1n) is 10.2. The molecular formula is C22H24F3NO4S. The average molecular weight is 455 g/mol. The lowest BCUT2D eigenvalue weighted by molar-refractivity contribution is -0.137. The fraction of sp³-hybridized carbons (Fsp3) is 0.500. The summed E-state index contributed by atoms with van der Waals surface area (Å²) in [6.45, 7) is 1.88. The van der Waals surface area contributed by atoms with Crippen LogP contribution in [0.25, 0.3) is 0 Å². The number of alkyl halides is 3. The standard InChI is InChI=1S/C22H24F3NO4S/c1-21(31(27,28)19-4-2-3-16(11-19)22(23,24)25)9-10-29-18(12-21)14-30-17-7-8-20(26-13-17)15-5-6-15/h2-4,7-8,11,13,15,18H,5-6,9-10,12,14H2,1H3. The van der Waals surface area contributed by atoms with Crippen LogP contribution in [0.4, 0.5) is 13.2 Å². The van der Waals surface area contributed by atoms with Gasteiger partial charge >= 0.3 is 6.18 Å². The fourth-order valence-corrected chi connectivity index (χ4v) is 5.71. The largest absolute Gasteiger partial charge is 0.489 e. The van der Waals surface area contributed by atoms with E-state index >= 15 is 0 Å². The summed E-state index contributed by atoms with van der Waals surface area (Å²) in [5.41, 5.74) is 0.0623. The molecule has 2 fully saturated rings. The van der Waals surface area contributed by atoms with E-state index in [1.807, 2.05) is 12.1 Å². The Morgan fingerprint density at radius 2 is 2.00 bits per heavy atom. The quantitative estimate of drug-likeness (QED) is 0.628. The second kappa shape index (κ2) is 8.09. The van der Waals surface area contributed by atoms with Crippen molar-refractivity contribution < 1.29 is 31.1 Å². The molecule has 168 valence electrons. The minimum absolute atomic E-state index is 0.124. The predicted octanol–water partition coefficient (Wildman–Crippen LogP) is 4.77. The highest BCUT2D eigenvalue weighted by Crippen LogP contribution is 2.40. The van der Waals surface area contributed by atoms with Gasteiger partial charge in [0.1, 0.15) is 12.4 Å². The zero-order valence-corrected chi connectivity index (χ0v) is 17.9. The van der Waals surface area contributed by atoms with Crippen LogP contribution in [0.3, 0.4) is 0 Å². The average Bonchev–Trinajstić information content (AvgIpc) is 3.58. The zero-order valence-electron chi connectivity index (χ0n) is 17.1. The lowest BCUT2D eigenvalue weighted by Gasteiger charge is -2.37. The van der Waals surface area contributed by atoms with Crippen molar-refractivity contribution in [3.63, 3.8) is 0 Å². The van der Waals surface area contributed by atoms with Crippen molar-refractivity contribution in [3.8, 4) is 5.75 Å². The summed E-state index contributed by atoms with van der Waals surface area (Å²) in [4.78, 5) is 4.06. The molecule has 0 amide bonds. The van der Waals surface area contributed by atoms with Gasteiger partial charge < -0.3 is 9.47 Å². The predicted molar refractivity (Wildman–Crippen MR) is 108 cm³/mol. The Morgan fingerprint density at radius 3 is 2.65 bits per heavy atom. The minimum Gasteiger partial charge on any atom is -0.489 e. The number of sulfone groups is 1. The lowest BCUT2D eigenvalue weighted by Crippen LogP contribution is -2.46. The van der Waals surface area contributed by atoms with Gasteiger partial charge in [-0.25, -0.2) is 8.42 Å². The maximum Gasteiger partial charge on any atom is 0.416 e. The van der Waals surface area contributed by atoms with E-state index in [2.05, 4.69) is 4.98 Å². The first-order chi connectivity index (χ1) is 14.6. The molecule has 2 atom stereocenters. The highest BCUT2D eigenvalue weighted by Gasteiger charge is 2.45. The van der Waals surface area contributed by atoms with Gasteiger partial charge in [-0.15, -0.1) is 0 Å². The van der Waals surface area contributed by atoms with E-state index in [4.69, 9.17) is 9.47 Å². The van der Waals surface area contributed by atoms with Crippen LogP contribution in [0, 0.1) is 0 Å². The Bertz CT molecular complexity index is 1040. The number of halogens is 3. The van der Waals surface area contributed by atoms with E-state index in [9.17, 15) is 21.6 Å². The molecule has 1 aromatic heterocycles. The maximum atomic E-state index is 13.2. The van der Waals surface area contributed by atoms with E-state index in [-0.39, 0.29) is 31.0 Å². The van der Waals surface area contributed by atoms with E-state index in [0.717, 1.165) is 30.7 Å². The van der Waals surface area contributed by atoms with Crippen LogP contribution in [-0.4, -0.2) is 37.5 Å². The number of hydrogen-bond donors (Lipinski definition) is 0. The Labute approximate surface area is 179 Å². The molecule has 0 bridgehead atoms. The Balaban J connectivity index is 1.45. The van der Waals surface area contributed by atoms with Gasteiger partial charge in [-0.3, -0.25) is 4.98 Å². The summed E-state index contributed by atoms with van der Waals surface area (Å²) >= 11 is 0. The highest BCUT2D eigenvalue weighted by molar-refractivity contribution is 7.92. The Hall–Kier alpha value is -2.13. The number of hydrogen-bond acceptors (Lipinski definition) is 5. The van der Waals surface area contributed by atoms with Crippen LogP contribution in [0.1, 0.15) is 49.8 Å². The smallest absolute Gasteiger partial charge is 0.416 e.